The Morgan fingerprint density at radius 2 is 2.00 bits per heavy atom. The van der Waals surface area contributed by atoms with Gasteiger partial charge in [-0.1, -0.05) is 0 Å². The lowest BCUT2D eigenvalue weighted by Crippen LogP contribution is -2.27. The number of hydrogen-bond acceptors (Lipinski definition) is 4. The second-order valence-corrected chi connectivity index (χ2v) is 3.09. The average Bonchev–Trinajstić information content (AvgIpc) is 2.00. The van der Waals surface area contributed by atoms with Crippen LogP contribution in [0.3, 0.4) is 0 Å². The molecule has 72 valence electrons. The van der Waals surface area contributed by atoms with E-state index in [9.17, 15) is 4.79 Å². The molecule has 2 unspecified atom stereocenters. The quantitative estimate of drug-likeness (QED) is 0.575. The van der Waals surface area contributed by atoms with Gasteiger partial charge in [0.2, 0.25) is 0 Å². The lowest BCUT2D eigenvalue weighted by atomic mass is 10.1. The Bertz CT molecular complexity index is 137. The number of nitrogens with two attached hydrogens (primary N) is 2. The van der Waals surface area contributed by atoms with Crippen LogP contribution in [0.2, 0.25) is 0 Å². The fourth-order valence-electron chi connectivity index (χ4n) is 0.876. The molecule has 0 spiro atoms. The Labute approximate surface area is 73.2 Å². The predicted molar refractivity (Wildman–Crippen MR) is 47.5 cm³/mol. The van der Waals surface area contributed by atoms with Crippen LogP contribution in [-0.4, -0.2) is 25.2 Å². The smallest absolute Gasteiger partial charge is 0.307 e. The molecule has 0 aromatic rings. The minimum Gasteiger partial charge on any atom is -0.469 e. The van der Waals surface area contributed by atoms with Crippen molar-refractivity contribution in [3.63, 3.8) is 0 Å². The molecule has 0 aromatic heterocycles. The highest BCUT2D eigenvalue weighted by atomic mass is 16.5. The Morgan fingerprint density at radius 1 is 1.42 bits per heavy atom. The van der Waals surface area contributed by atoms with Crippen LogP contribution in [0.25, 0.3) is 0 Å². The molecule has 4 N–H and O–H groups in total. The van der Waals surface area contributed by atoms with E-state index in [-0.39, 0.29) is 24.5 Å². The van der Waals surface area contributed by atoms with Gasteiger partial charge in [-0.25, -0.2) is 0 Å². The molecular formula is C8H18N2O2. The van der Waals surface area contributed by atoms with Crippen LogP contribution >= 0.6 is 0 Å². The monoisotopic (exact) mass is 174 g/mol. The third-order valence-corrected chi connectivity index (χ3v) is 1.65. The van der Waals surface area contributed by atoms with Crippen molar-refractivity contribution in [3.8, 4) is 0 Å². The SMILES string of the molecule is COC(=O)CC(N)CCC(C)N. The minimum atomic E-state index is -0.257. The van der Waals surface area contributed by atoms with Crippen molar-refractivity contribution < 1.29 is 9.53 Å². The summed E-state index contributed by atoms with van der Waals surface area (Å²) >= 11 is 0. The van der Waals surface area contributed by atoms with Gasteiger partial charge < -0.3 is 16.2 Å². The number of carbonyl (C=O) groups excluding carboxylic acids is 1. The predicted octanol–water partition coefficient (Wildman–Crippen LogP) is 0.00420. The largest absolute Gasteiger partial charge is 0.469 e. The van der Waals surface area contributed by atoms with E-state index in [1.165, 1.54) is 7.11 Å². The Morgan fingerprint density at radius 3 is 2.42 bits per heavy atom. The molecule has 12 heavy (non-hydrogen) atoms. The maximum atomic E-state index is 10.7. The van der Waals surface area contributed by atoms with Crippen LogP contribution in [0.15, 0.2) is 0 Å². The molecule has 0 saturated heterocycles. The molecule has 0 fully saturated rings. The second-order valence-electron chi connectivity index (χ2n) is 3.09. The van der Waals surface area contributed by atoms with Crippen molar-refractivity contribution in [1.29, 1.82) is 0 Å². The summed E-state index contributed by atoms with van der Waals surface area (Å²) in [7, 11) is 1.36. The average molecular weight is 174 g/mol. The van der Waals surface area contributed by atoms with Gasteiger partial charge in [0.1, 0.15) is 0 Å². The summed E-state index contributed by atoms with van der Waals surface area (Å²) in [5.41, 5.74) is 11.2. The number of carbonyl (C=O) groups is 1. The van der Waals surface area contributed by atoms with Gasteiger partial charge in [0.25, 0.3) is 0 Å². The van der Waals surface area contributed by atoms with Gasteiger partial charge in [-0.15, -0.1) is 0 Å². The topological polar surface area (TPSA) is 78.3 Å². The Kier molecular flexibility index (Phi) is 5.66. The van der Waals surface area contributed by atoms with E-state index < -0.39 is 0 Å². The fourth-order valence-corrected chi connectivity index (χ4v) is 0.876. The Balaban J connectivity index is 3.45. The third kappa shape index (κ3) is 6.12. The first-order valence-corrected chi connectivity index (χ1v) is 4.14. The van der Waals surface area contributed by atoms with Crippen LogP contribution in [-0.2, 0) is 9.53 Å². The first kappa shape index (κ1) is 11.4. The number of methoxy groups -OCH3 is 1. The second kappa shape index (κ2) is 5.97. The normalized spacial score (nSPS) is 15.3. The third-order valence-electron chi connectivity index (χ3n) is 1.65. The highest BCUT2D eigenvalue weighted by Crippen LogP contribution is 2.01. The van der Waals surface area contributed by atoms with E-state index in [0.717, 1.165) is 12.8 Å². The maximum absolute atomic E-state index is 10.7. The van der Waals surface area contributed by atoms with Crippen LogP contribution in [0, 0.1) is 0 Å². The van der Waals surface area contributed by atoms with Gasteiger partial charge in [0, 0.05) is 12.1 Å². The number of esters is 1. The fraction of sp³-hybridized carbons (Fsp3) is 0.875. The van der Waals surface area contributed by atoms with Crippen LogP contribution in [0.1, 0.15) is 26.2 Å². The molecule has 0 aliphatic rings. The van der Waals surface area contributed by atoms with E-state index in [1.54, 1.807) is 0 Å². The lowest BCUT2D eigenvalue weighted by Gasteiger charge is -2.11. The molecule has 0 bridgehead atoms. The molecular weight excluding hydrogens is 156 g/mol. The summed E-state index contributed by atoms with van der Waals surface area (Å²) < 4.78 is 4.48. The number of ether oxygens (including phenoxy) is 1. The van der Waals surface area contributed by atoms with Gasteiger partial charge in [-0.2, -0.15) is 0 Å². The Hall–Kier alpha value is -0.610. The van der Waals surface area contributed by atoms with Crippen molar-refractivity contribution in [3.05, 3.63) is 0 Å². The summed E-state index contributed by atoms with van der Waals surface area (Å²) in [5.74, 6) is -0.257. The summed E-state index contributed by atoms with van der Waals surface area (Å²) in [6.45, 7) is 1.92. The highest BCUT2D eigenvalue weighted by Gasteiger charge is 2.09. The molecule has 2 atom stereocenters. The molecule has 0 aliphatic carbocycles. The molecule has 0 rings (SSSR count). The van der Waals surface area contributed by atoms with Gasteiger partial charge in [0.05, 0.1) is 13.5 Å². The maximum Gasteiger partial charge on any atom is 0.307 e. The summed E-state index contributed by atoms with van der Waals surface area (Å²) in [5, 5.41) is 0. The first-order chi connectivity index (χ1) is 5.56. The number of hydrogen-bond donors (Lipinski definition) is 2. The molecule has 0 saturated carbocycles. The van der Waals surface area contributed by atoms with E-state index in [2.05, 4.69) is 4.74 Å². The number of rotatable bonds is 5. The zero-order chi connectivity index (χ0) is 9.56. The van der Waals surface area contributed by atoms with Gasteiger partial charge in [0.15, 0.2) is 0 Å². The van der Waals surface area contributed by atoms with Gasteiger partial charge >= 0.3 is 5.97 Å². The van der Waals surface area contributed by atoms with E-state index >= 15 is 0 Å². The molecule has 0 heterocycles. The molecule has 0 amide bonds. The van der Waals surface area contributed by atoms with Crippen molar-refractivity contribution in [2.45, 2.75) is 38.3 Å². The van der Waals surface area contributed by atoms with E-state index in [0.29, 0.717) is 0 Å². The van der Waals surface area contributed by atoms with Crippen molar-refractivity contribution in [2.75, 3.05) is 7.11 Å². The van der Waals surface area contributed by atoms with Crippen LogP contribution in [0.5, 0.6) is 0 Å². The van der Waals surface area contributed by atoms with Crippen LogP contribution in [0.4, 0.5) is 0 Å². The van der Waals surface area contributed by atoms with Gasteiger partial charge in [-0.05, 0) is 19.8 Å². The van der Waals surface area contributed by atoms with E-state index in [1.807, 2.05) is 6.92 Å². The first-order valence-electron chi connectivity index (χ1n) is 4.14. The van der Waals surface area contributed by atoms with Crippen molar-refractivity contribution in [1.82, 2.24) is 0 Å². The summed E-state index contributed by atoms with van der Waals surface area (Å²) in [4.78, 5) is 10.7. The molecule has 0 aromatic carbocycles. The zero-order valence-corrected chi connectivity index (χ0v) is 7.75. The summed E-state index contributed by atoms with van der Waals surface area (Å²) in [6, 6.07) is 0.0251. The van der Waals surface area contributed by atoms with E-state index in [4.69, 9.17) is 11.5 Å². The molecule has 0 aliphatic heterocycles. The molecule has 0 radical (unpaired) electrons. The molecule has 4 heteroatoms. The van der Waals surface area contributed by atoms with Crippen molar-refractivity contribution >= 4 is 5.97 Å². The minimum absolute atomic E-state index is 0.122. The van der Waals surface area contributed by atoms with Crippen molar-refractivity contribution in [2.24, 2.45) is 11.5 Å². The summed E-state index contributed by atoms with van der Waals surface area (Å²) in [6.07, 6.45) is 1.90. The van der Waals surface area contributed by atoms with Crippen LogP contribution < -0.4 is 11.5 Å². The standard InChI is InChI=1S/C8H18N2O2/c1-6(9)3-4-7(10)5-8(11)12-2/h6-7H,3-5,9-10H2,1-2H3. The highest BCUT2D eigenvalue weighted by molar-refractivity contribution is 5.69. The molecule has 4 nitrogen and oxygen atoms in total. The zero-order valence-electron chi connectivity index (χ0n) is 7.75. The van der Waals surface area contributed by atoms with Gasteiger partial charge in [-0.3, -0.25) is 4.79 Å². The lowest BCUT2D eigenvalue weighted by molar-refractivity contribution is -0.141.